The smallest absolute Gasteiger partial charge is 0.308 e. The number of carbonyl (C=O) groups excluding carboxylic acids is 4. The largest absolute Gasteiger partial charge is 0.466 e. The van der Waals surface area contributed by atoms with Gasteiger partial charge in [0.25, 0.3) is 0 Å². The van der Waals surface area contributed by atoms with Crippen molar-refractivity contribution in [1.82, 2.24) is 0 Å². The van der Waals surface area contributed by atoms with Crippen molar-refractivity contribution in [3.05, 3.63) is 0 Å². The number of unbranched alkanes of at least 4 members (excludes halogenated alkanes) is 28. The van der Waals surface area contributed by atoms with E-state index >= 15 is 0 Å². The number of esters is 4. The maximum absolute atomic E-state index is 12.2. The molecule has 8 heteroatoms. The number of rotatable bonds is 50. The zero-order valence-corrected chi connectivity index (χ0v) is 46.7. The normalized spacial score (nSPS) is 12.1. The lowest BCUT2D eigenvalue weighted by Crippen LogP contribution is -2.18. The summed E-state index contributed by atoms with van der Waals surface area (Å²) < 4.78 is 21.4. The molecule has 0 radical (unpaired) electrons. The van der Waals surface area contributed by atoms with E-state index in [2.05, 4.69) is 55.4 Å². The highest BCUT2D eigenvalue weighted by atomic mass is 16.5. The molecule has 0 aromatic carbocycles. The van der Waals surface area contributed by atoms with Crippen molar-refractivity contribution in [2.45, 2.75) is 312 Å². The SMILES string of the molecule is CCC(CCCCCCCCCCCCCCCC(=O)OCCC(C)C)C(=O)OCCC(C)C.CCCCCOC(=O)CCCCCCCCCCCCCCCC(CC)C(=O)OCCCCC. The third kappa shape index (κ3) is 51.7. The van der Waals surface area contributed by atoms with Gasteiger partial charge in [0, 0.05) is 12.8 Å². The van der Waals surface area contributed by atoms with Gasteiger partial charge in [-0.15, -0.1) is 0 Å². The Morgan fingerprint density at radius 3 is 0.868 bits per heavy atom. The molecule has 0 fully saturated rings. The predicted octanol–water partition coefficient (Wildman–Crippen LogP) is 18.4. The molecule has 0 aliphatic rings. The molecule has 0 aromatic rings. The van der Waals surface area contributed by atoms with Crippen LogP contribution in [0.2, 0.25) is 0 Å². The molecule has 0 bridgehead atoms. The fourth-order valence-corrected chi connectivity index (χ4v) is 8.43. The Bertz CT molecular complexity index is 1090. The van der Waals surface area contributed by atoms with E-state index in [-0.39, 0.29) is 35.7 Å². The van der Waals surface area contributed by atoms with Crippen molar-refractivity contribution in [2.75, 3.05) is 26.4 Å². The number of carbonyl (C=O) groups is 4. The van der Waals surface area contributed by atoms with E-state index in [1.165, 1.54) is 128 Å². The van der Waals surface area contributed by atoms with E-state index in [9.17, 15) is 19.2 Å². The topological polar surface area (TPSA) is 105 Å². The standard InChI is InChI=1S/2C30H58O4/c1-6-28(30(32)34-25-23-27(4)5)20-18-16-14-12-10-8-7-9-11-13-15-17-19-21-29(31)33-24-22-26(2)3;1-4-7-22-26-33-29(31)25-21-19-17-15-13-11-9-10-12-14-16-18-20-24-28(6-3)30(32)34-27-23-8-5-2/h26-28H,6-25H2,1-5H3;28H,4-27H2,1-3H3. The molecule has 0 saturated carbocycles. The third-order valence-electron chi connectivity index (χ3n) is 13.4. The Morgan fingerprint density at radius 1 is 0.294 bits per heavy atom. The van der Waals surface area contributed by atoms with Crippen LogP contribution in [-0.2, 0) is 38.1 Å². The molecule has 8 nitrogen and oxygen atoms in total. The summed E-state index contributed by atoms with van der Waals surface area (Å²) in [6.45, 7) is 19.5. The lowest BCUT2D eigenvalue weighted by atomic mass is 9.97. The second kappa shape index (κ2) is 54.2. The molecule has 404 valence electrons. The quantitative estimate of drug-likeness (QED) is 0.0337. The van der Waals surface area contributed by atoms with Gasteiger partial charge in [0.15, 0.2) is 0 Å². The molecule has 0 rings (SSSR count). The maximum Gasteiger partial charge on any atom is 0.308 e. The molecule has 0 heterocycles. The van der Waals surface area contributed by atoms with E-state index in [4.69, 9.17) is 18.9 Å². The summed E-state index contributed by atoms with van der Waals surface area (Å²) in [5, 5.41) is 0. The minimum atomic E-state index is -0.0227. The van der Waals surface area contributed by atoms with E-state index in [1.807, 2.05) is 0 Å². The zero-order valence-electron chi connectivity index (χ0n) is 46.7. The van der Waals surface area contributed by atoms with Crippen molar-refractivity contribution in [3.8, 4) is 0 Å². The highest BCUT2D eigenvalue weighted by molar-refractivity contribution is 5.72. The Morgan fingerprint density at radius 2 is 0.559 bits per heavy atom. The molecule has 0 aromatic heterocycles. The Labute approximate surface area is 422 Å². The van der Waals surface area contributed by atoms with Gasteiger partial charge in [-0.2, -0.15) is 0 Å². The molecule has 2 atom stereocenters. The lowest BCUT2D eigenvalue weighted by Gasteiger charge is -2.14. The first-order valence-electron chi connectivity index (χ1n) is 29.7. The molecule has 0 N–H and O–H groups in total. The Kier molecular flexibility index (Phi) is 54.2. The highest BCUT2D eigenvalue weighted by Crippen LogP contribution is 2.20. The summed E-state index contributed by atoms with van der Waals surface area (Å²) in [4.78, 5) is 47.5. The zero-order chi connectivity index (χ0) is 50.6. The Balaban J connectivity index is 0. The lowest BCUT2D eigenvalue weighted by molar-refractivity contribution is -0.150. The van der Waals surface area contributed by atoms with Crippen LogP contribution in [0.3, 0.4) is 0 Å². The number of hydrogen-bond donors (Lipinski definition) is 0. The van der Waals surface area contributed by atoms with Crippen LogP contribution in [0.15, 0.2) is 0 Å². The van der Waals surface area contributed by atoms with Crippen LogP contribution in [0.4, 0.5) is 0 Å². The molecule has 2 unspecified atom stereocenters. The van der Waals surface area contributed by atoms with E-state index in [1.54, 1.807) is 0 Å². The number of hydrogen-bond acceptors (Lipinski definition) is 8. The maximum atomic E-state index is 12.2. The van der Waals surface area contributed by atoms with Gasteiger partial charge in [-0.25, -0.2) is 0 Å². The van der Waals surface area contributed by atoms with E-state index in [0.717, 1.165) is 116 Å². The van der Waals surface area contributed by atoms with Gasteiger partial charge < -0.3 is 18.9 Å². The van der Waals surface area contributed by atoms with Crippen LogP contribution < -0.4 is 0 Å². The van der Waals surface area contributed by atoms with Gasteiger partial charge in [-0.3, -0.25) is 19.2 Å². The first-order chi connectivity index (χ1) is 33.0. The van der Waals surface area contributed by atoms with Crippen LogP contribution in [0.5, 0.6) is 0 Å². The van der Waals surface area contributed by atoms with Crippen molar-refractivity contribution >= 4 is 23.9 Å². The molecule has 0 spiro atoms. The summed E-state index contributed by atoms with van der Waals surface area (Å²) in [7, 11) is 0. The van der Waals surface area contributed by atoms with Gasteiger partial charge in [0.2, 0.25) is 0 Å². The Hall–Kier alpha value is -2.12. The fourth-order valence-electron chi connectivity index (χ4n) is 8.43. The molecule has 0 aliphatic carbocycles. The van der Waals surface area contributed by atoms with E-state index in [0.29, 0.717) is 51.1 Å². The minimum absolute atomic E-state index is 0.0124. The average Bonchev–Trinajstić information content (AvgIpc) is 3.31. The van der Waals surface area contributed by atoms with Gasteiger partial charge in [-0.05, 0) is 76.0 Å². The fraction of sp³-hybridized carbons (Fsp3) is 0.933. The average molecular weight is 966 g/mol. The van der Waals surface area contributed by atoms with Gasteiger partial charge in [0.1, 0.15) is 0 Å². The molecule has 0 saturated heterocycles. The van der Waals surface area contributed by atoms with Gasteiger partial charge >= 0.3 is 23.9 Å². The van der Waals surface area contributed by atoms with Crippen LogP contribution in [0, 0.1) is 23.7 Å². The monoisotopic (exact) mass is 965 g/mol. The van der Waals surface area contributed by atoms with Crippen molar-refractivity contribution in [1.29, 1.82) is 0 Å². The molecular formula is C60H116O8. The van der Waals surface area contributed by atoms with E-state index < -0.39 is 0 Å². The highest BCUT2D eigenvalue weighted by Gasteiger charge is 2.18. The summed E-state index contributed by atoms with van der Waals surface area (Å²) in [6, 6.07) is 0. The summed E-state index contributed by atoms with van der Waals surface area (Å²) in [5.74, 6) is 1.38. The van der Waals surface area contributed by atoms with Crippen LogP contribution >= 0.6 is 0 Å². The summed E-state index contributed by atoms with van der Waals surface area (Å²) >= 11 is 0. The first kappa shape index (κ1) is 68.0. The number of ether oxygens (including phenoxy) is 4. The van der Waals surface area contributed by atoms with Crippen LogP contribution in [0.25, 0.3) is 0 Å². The summed E-state index contributed by atoms with van der Waals surface area (Å²) in [6.07, 6.45) is 46.2. The van der Waals surface area contributed by atoms with Crippen molar-refractivity contribution < 1.29 is 38.1 Å². The second-order valence-corrected chi connectivity index (χ2v) is 21.0. The van der Waals surface area contributed by atoms with Gasteiger partial charge in [-0.1, -0.05) is 235 Å². The molecule has 68 heavy (non-hydrogen) atoms. The van der Waals surface area contributed by atoms with Crippen LogP contribution in [0.1, 0.15) is 312 Å². The third-order valence-corrected chi connectivity index (χ3v) is 13.4. The molecule has 0 aliphatic heterocycles. The summed E-state index contributed by atoms with van der Waals surface area (Å²) in [5.41, 5.74) is 0. The minimum Gasteiger partial charge on any atom is -0.466 e. The van der Waals surface area contributed by atoms with Crippen molar-refractivity contribution in [2.24, 2.45) is 23.7 Å². The second-order valence-electron chi connectivity index (χ2n) is 21.0. The predicted molar refractivity (Wildman–Crippen MR) is 288 cm³/mol. The van der Waals surface area contributed by atoms with Crippen molar-refractivity contribution in [3.63, 3.8) is 0 Å². The molecular weight excluding hydrogens is 849 g/mol. The van der Waals surface area contributed by atoms with Crippen LogP contribution in [-0.4, -0.2) is 50.3 Å². The first-order valence-corrected chi connectivity index (χ1v) is 29.7. The van der Waals surface area contributed by atoms with Gasteiger partial charge in [0.05, 0.1) is 38.3 Å². The molecule has 0 amide bonds.